The largest absolute Gasteiger partial charge is 0.468 e. The third-order valence-corrected chi connectivity index (χ3v) is 2.80. The average molecular weight is 264 g/mol. The zero-order valence-corrected chi connectivity index (χ0v) is 9.67. The van der Waals surface area contributed by atoms with Crippen molar-refractivity contribution in [3.63, 3.8) is 0 Å². The van der Waals surface area contributed by atoms with E-state index in [9.17, 15) is 9.59 Å². The molecule has 0 aromatic heterocycles. The van der Waals surface area contributed by atoms with Crippen LogP contribution in [-0.4, -0.2) is 30.4 Å². The molecule has 0 heterocycles. The van der Waals surface area contributed by atoms with Gasteiger partial charge in [0.2, 0.25) is 5.91 Å². The molecule has 0 aromatic rings. The Morgan fingerprint density at radius 3 is 2.71 bits per heavy atom. The molecule has 4 nitrogen and oxygen atoms in total. The lowest BCUT2D eigenvalue weighted by atomic mass is 10.3. The molecule has 14 heavy (non-hydrogen) atoms. The van der Waals surface area contributed by atoms with Crippen molar-refractivity contribution < 1.29 is 14.3 Å². The van der Waals surface area contributed by atoms with E-state index in [0.29, 0.717) is 12.3 Å². The minimum absolute atomic E-state index is 0.0147. The van der Waals surface area contributed by atoms with Gasteiger partial charge in [0.05, 0.1) is 7.11 Å². The van der Waals surface area contributed by atoms with E-state index in [4.69, 9.17) is 0 Å². The van der Waals surface area contributed by atoms with Crippen LogP contribution in [0.15, 0.2) is 0 Å². The standard InChI is InChI=1S/C9H14BrNO3/c1-14-9(13)7(10)5-11-8(12)4-6-2-3-6/h6-7H,2-5H2,1H3,(H,11,12). The van der Waals surface area contributed by atoms with E-state index in [-0.39, 0.29) is 18.4 Å². The fourth-order valence-corrected chi connectivity index (χ4v) is 1.42. The number of ether oxygens (including phenoxy) is 1. The van der Waals surface area contributed by atoms with Crippen LogP contribution in [0, 0.1) is 5.92 Å². The lowest BCUT2D eigenvalue weighted by Crippen LogP contribution is -2.33. The van der Waals surface area contributed by atoms with Gasteiger partial charge in [-0.25, -0.2) is 0 Å². The summed E-state index contributed by atoms with van der Waals surface area (Å²) in [5.41, 5.74) is 0. The Hall–Kier alpha value is -0.580. The number of carbonyl (C=O) groups excluding carboxylic acids is 2. The Bertz CT molecular complexity index is 228. The minimum atomic E-state index is -0.448. The van der Waals surface area contributed by atoms with E-state index >= 15 is 0 Å². The number of halogens is 1. The Morgan fingerprint density at radius 2 is 2.21 bits per heavy atom. The van der Waals surface area contributed by atoms with Gasteiger partial charge < -0.3 is 10.1 Å². The van der Waals surface area contributed by atoms with Gasteiger partial charge in [0.1, 0.15) is 4.83 Å². The molecule has 1 atom stereocenters. The second-order valence-corrected chi connectivity index (χ2v) is 4.55. The zero-order valence-electron chi connectivity index (χ0n) is 8.09. The van der Waals surface area contributed by atoms with Crippen LogP contribution in [0.5, 0.6) is 0 Å². The molecule has 1 N–H and O–H groups in total. The van der Waals surface area contributed by atoms with Crippen molar-refractivity contribution in [1.82, 2.24) is 5.32 Å². The van der Waals surface area contributed by atoms with Gasteiger partial charge in [0.15, 0.2) is 0 Å². The average Bonchev–Trinajstić information content (AvgIpc) is 2.96. The Kier molecular flexibility index (Phi) is 4.38. The fourth-order valence-electron chi connectivity index (χ4n) is 1.07. The molecule has 0 aromatic carbocycles. The first-order valence-electron chi connectivity index (χ1n) is 4.62. The summed E-state index contributed by atoms with van der Waals surface area (Å²) in [7, 11) is 1.32. The van der Waals surface area contributed by atoms with Crippen LogP contribution in [-0.2, 0) is 14.3 Å². The predicted octanol–water partition coefficient (Wildman–Crippen LogP) is 0.839. The summed E-state index contributed by atoms with van der Waals surface area (Å²) in [5.74, 6) is 0.222. The van der Waals surface area contributed by atoms with Gasteiger partial charge in [0, 0.05) is 13.0 Å². The molecule has 1 aliphatic rings. The molecular formula is C9H14BrNO3. The van der Waals surface area contributed by atoms with Gasteiger partial charge in [-0.15, -0.1) is 0 Å². The van der Waals surface area contributed by atoms with Crippen molar-refractivity contribution >= 4 is 27.8 Å². The highest BCUT2D eigenvalue weighted by molar-refractivity contribution is 9.10. The number of amides is 1. The van der Waals surface area contributed by atoms with Gasteiger partial charge in [0.25, 0.3) is 0 Å². The van der Waals surface area contributed by atoms with Crippen LogP contribution in [0.25, 0.3) is 0 Å². The molecule has 0 aliphatic heterocycles. The van der Waals surface area contributed by atoms with Crippen molar-refractivity contribution in [2.24, 2.45) is 5.92 Å². The van der Waals surface area contributed by atoms with E-state index in [1.807, 2.05) is 0 Å². The van der Waals surface area contributed by atoms with Crippen LogP contribution in [0.4, 0.5) is 0 Å². The number of methoxy groups -OCH3 is 1. The third-order valence-electron chi connectivity index (χ3n) is 2.11. The number of alkyl halides is 1. The van der Waals surface area contributed by atoms with Crippen molar-refractivity contribution in [2.45, 2.75) is 24.1 Å². The van der Waals surface area contributed by atoms with Gasteiger partial charge in [-0.1, -0.05) is 15.9 Å². The van der Waals surface area contributed by atoms with E-state index in [1.165, 1.54) is 7.11 Å². The van der Waals surface area contributed by atoms with Crippen LogP contribution >= 0.6 is 15.9 Å². The summed E-state index contributed by atoms with van der Waals surface area (Å²) in [6.07, 6.45) is 2.89. The molecular weight excluding hydrogens is 250 g/mol. The third kappa shape index (κ3) is 4.09. The van der Waals surface area contributed by atoms with Gasteiger partial charge in [-0.05, 0) is 18.8 Å². The maximum atomic E-state index is 11.2. The number of hydrogen-bond acceptors (Lipinski definition) is 3. The molecule has 0 saturated heterocycles. The van der Waals surface area contributed by atoms with Gasteiger partial charge in [-0.3, -0.25) is 9.59 Å². The normalized spacial score (nSPS) is 17.3. The Labute approximate surface area is 91.5 Å². The summed E-state index contributed by atoms with van der Waals surface area (Å²) in [5, 5.41) is 2.68. The van der Waals surface area contributed by atoms with E-state index in [0.717, 1.165) is 12.8 Å². The van der Waals surface area contributed by atoms with Gasteiger partial charge in [-0.2, -0.15) is 0 Å². The summed E-state index contributed by atoms with van der Waals surface area (Å²) in [6.45, 7) is 0.290. The van der Waals surface area contributed by atoms with Crippen molar-refractivity contribution in [3.05, 3.63) is 0 Å². The molecule has 1 saturated carbocycles. The highest BCUT2D eigenvalue weighted by Crippen LogP contribution is 2.32. The second kappa shape index (κ2) is 5.34. The predicted molar refractivity (Wildman–Crippen MR) is 55.1 cm³/mol. The lowest BCUT2D eigenvalue weighted by molar-refractivity contribution is -0.139. The maximum Gasteiger partial charge on any atom is 0.321 e. The molecule has 1 unspecified atom stereocenters. The molecule has 0 radical (unpaired) electrons. The van der Waals surface area contributed by atoms with E-state index in [1.54, 1.807) is 0 Å². The highest BCUT2D eigenvalue weighted by Gasteiger charge is 2.25. The highest BCUT2D eigenvalue weighted by atomic mass is 79.9. The van der Waals surface area contributed by atoms with E-state index < -0.39 is 4.83 Å². The molecule has 1 fully saturated rings. The van der Waals surface area contributed by atoms with Crippen LogP contribution in [0.3, 0.4) is 0 Å². The van der Waals surface area contributed by atoms with E-state index in [2.05, 4.69) is 26.0 Å². The molecule has 1 rings (SSSR count). The first kappa shape index (κ1) is 11.5. The first-order chi connectivity index (χ1) is 6.63. The van der Waals surface area contributed by atoms with Crippen LogP contribution in [0.1, 0.15) is 19.3 Å². The summed E-state index contributed by atoms with van der Waals surface area (Å²) in [6, 6.07) is 0. The molecule has 1 aliphatic carbocycles. The second-order valence-electron chi connectivity index (χ2n) is 3.44. The Morgan fingerprint density at radius 1 is 1.57 bits per heavy atom. The zero-order chi connectivity index (χ0) is 10.6. The monoisotopic (exact) mass is 263 g/mol. The lowest BCUT2D eigenvalue weighted by Gasteiger charge is -2.08. The minimum Gasteiger partial charge on any atom is -0.468 e. The molecule has 0 bridgehead atoms. The molecule has 80 valence electrons. The summed E-state index contributed by atoms with van der Waals surface area (Å²) < 4.78 is 4.50. The number of esters is 1. The number of hydrogen-bond donors (Lipinski definition) is 1. The van der Waals surface area contributed by atoms with Crippen LogP contribution < -0.4 is 5.32 Å². The fraction of sp³-hybridized carbons (Fsp3) is 0.778. The topological polar surface area (TPSA) is 55.4 Å². The summed E-state index contributed by atoms with van der Waals surface area (Å²) >= 11 is 3.12. The number of rotatable bonds is 5. The van der Waals surface area contributed by atoms with Gasteiger partial charge >= 0.3 is 5.97 Å². The molecule has 1 amide bonds. The molecule has 0 spiro atoms. The number of nitrogens with one attached hydrogen (secondary N) is 1. The maximum absolute atomic E-state index is 11.2. The first-order valence-corrected chi connectivity index (χ1v) is 5.53. The van der Waals surface area contributed by atoms with Crippen molar-refractivity contribution in [1.29, 1.82) is 0 Å². The SMILES string of the molecule is COC(=O)C(Br)CNC(=O)CC1CC1. The smallest absolute Gasteiger partial charge is 0.321 e. The van der Waals surface area contributed by atoms with Crippen molar-refractivity contribution in [3.8, 4) is 0 Å². The van der Waals surface area contributed by atoms with Crippen molar-refractivity contribution in [2.75, 3.05) is 13.7 Å². The Balaban J connectivity index is 2.11. The van der Waals surface area contributed by atoms with Crippen LogP contribution in [0.2, 0.25) is 0 Å². The summed E-state index contributed by atoms with van der Waals surface area (Å²) in [4.78, 5) is 21.7. The number of carbonyl (C=O) groups is 2. The molecule has 5 heteroatoms. The quantitative estimate of drug-likeness (QED) is 0.591.